The van der Waals surface area contributed by atoms with Gasteiger partial charge < -0.3 is 10.1 Å². The third-order valence-electron chi connectivity index (χ3n) is 5.31. The molecule has 29 heavy (non-hydrogen) atoms. The number of sulfonamides is 1. The summed E-state index contributed by atoms with van der Waals surface area (Å²) in [4.78, 5) is 13.0. The van der Waals surface area contributed by atoms with Crippen molar-refractivity contribution in [3.63, 3.8) is 0 Å². The molecule has 1 aliphatic rings. The number of nitrogens with one attached hydrogen (secondary N) is 2. The van der Waals surface area contributed by atoms with Crippen LogP contribution in [0.2, 0.25) is 5.02 Å². The molecule has 0 spiro atoms. The standard InChI is InChI=1S/C21H25ClN2O4S/c1-4-21(5-2)13-18(16-8-6-7-9-19(16)28-21)23-20(25)15-11-10-14(12-17(15)22)24-29(3,26)27/h6-12,18,24H,4-5,13H2,1-3H3,(H,23,25)/t18-/m1/s1. The lowest BCUT2D eigenvalue weighted by Gasteiger charge is -2.41. The first-order valence-corrected chi connectivity index (χ1v) is 11.8. The summed E-state index contributed by atoms with van der Waals surface area (Å²) in [5.74, 6) is 0.468. The highest BCUT2D eigenvalue weighted by Gasteiger charge is 2.39. The van der Waals surface area contributed by atoms with Crippen molar-refractivity contribution in [3.05, 3.63) is 58.6 Å². The number of amides is 1. The maximum Gasteiger partial charge on any atom is 0.253 e. The van der Waals surface area contributed by atoms with E-state index in [2.05, 4.69) is 23.9 Å². The molecular formula is C21H25ClN2O4S. The fourth-order valence-electron chi connectivity index (χ4n) is 3.64. The van der Waals surface area contributed by atoms with Crippen molar-refractivity contribution in [2.75, 3.05) is 11.0 Å². The molecular weight excluding hydrogens is 412 g/mol. The van der Waals surface area contributed by atoms with Gasteiger partial charge in [-0.05, 0) is 37.1 Å². The molecule has 0 saturated heterocycles. The van der Waals surface area contributed by atoms with Crippen molar-refractivity contribution in [2.45, 2.75) is 44.8 Å². The van der Waals surface area contributed by atoms with Gasteiger partial charge in [0.25, 0.3) is 5.91 Å². The quantitative estimate of drug-likeness (QED) is 0.697. The Hall–Kier alpha value is -2.25. The number of halogens is 1. The van der Waals surface area contributed by atoms with Gasteiger partial charge in [0.05, 0.1) is 22.9 Å². The van der Waals surface area contributed by atoms with Gasteiger partial charge in [0.1, 0.15) is 11.4 Å². The Morgan fingerprint density at radius 1 is 1.21 bits per heavy atom. The van der Waals surface area contributed by atoms with Crippen molar-refractivity contribution in [3.8, 4) is 5.75 Å². The molecule has 0 aliphatic carbocycles. The van der Waals surface area contributed by atoms with E-state index in [9.17, 15) is 13.2 Å². The second kappa shape index (κ2) is 8.24. The fourth-order valence-corrected chi connectivity index (χ4v) is 4.46. The number of fused-ring (bicyclic) bond motifs is 1. The molecule has 2 aromatic rings. The summed E-state index contributed by atoms with van der Waals surface area (Å²) in [6, 6.07) is 12.0. The third kappa shape index (κ3) is 4.85. The van der Waals surface area contributed by atoms with Crippen LogP contribution in [0.25, 0.3) is 0 Å². The number of rotatable bonds is 6. The first kappa shape index (κ1) is 21.5. The van der Waals surface area contributed by atoms with Crippen LogP contribution in [0.3, 0.4) is 0 Å². The van der Waals surface area contributed by atoms with Gasteiger partial charge in [0.15, 0.2) is 0 Å². The minimum absolute atomic E-state index is 0.175. The van der Waals surface area contributed by atoms with Crippen LogP contribution in [0.4, 0.5) is 5.69 Å². The number of para-hydroxylation sites is 1. The molecule has 1 atom stereocenters. The van der Waals surface area contributed by atoms with Crippen molar-refractivity contribution in [2.24, 2.45) is 0 Å². The van der Waals surface area contributed by atoms with Gasteiger partial charge >= 0.3 is 0 Å². The minimum atomic E-state index is -3.43. The van der Waals surface area contributed by atoms with E-state index in [0.29, 0.717) is 12.1 Å². The summed E-state index contributed by atoms with van der Waals surface area (Å²) in [5, 5.41) is 3.26. The van der Waals surface area contributed by atoms with E-state index in [-0.39, 0.29) is 28.1 Å². The lowest BCUT2D eigenvalue weighted by atomic mass is 9.83. The maximum atomic E-state index is 13.0. The molecule has 2 N–H and O–H groups in total. The molecule has 0 saturated carbocycles. The topological polar surface area (TPSA) is 84.5 Å². The Balaban J connectivity index is 1.86. The Bertz CT molecular complexity index is 1020. The number of hydrogen-bond donors (Lipinski definition) is 2. The highest BCUT2D eigenvalue weighted by molar-refractivity contribution is 7.92. The van der Waals surface area contributed by atoms with Crippen LogP contribution in [-0.4, -0.2) is 26.2 Å². The van der Waals surface area contributed by atoms with Crippen LogP contribution in [0, 0.1) is 0 Å². The molecule has 0 aromatic heterocycles. The molecule has 8 heteroatoms. The predicted molar refractivity (Wildman–Crippen MR) is 115 cm³/mol. The van der Waals surface area contributed by atoms with Crippen LogP contribution in [0.15, 0.2) is 42.5 Å². The normalized spacial score (nSPS) is 17.7. The summed E-state index contributed by atoms with van der Waals surface area (Å²) >= 11 is 6.26. The van der Waals surface area contributed by atoms with E-state index in [1.54, 1.807) is 0 Å². The maximum absolute atomic E-state index is 13.0. The van der Waals surface area contributed by atoms with Crippen molar-refractivity contribution in [1.29, 1.82) is 0 Å². The van der Waals surface area contributed by atoms with Gasteiger partial charge in [-0.3, -0.25) is 9.52 Å². The number of benzene rings is 2. The summed E-state index contributed by atoms with van der Waals surface area (Å²) in [6.07, 6.45) is 3.37. The Morgan fingerprint density at radius 3 is 2.52 bits per heavy atom. The van der Waals surface area contributed by atoms with Crippen LogP contribution >= 0.6 is 11.6 Å². The van der Waals surface area contributed by atoms with Gasteiger partial charge in [0, 0.05) is 17.7 Å². The van der Waals surface area contributed by atoms with Crippen LogP contribution in [-0.2, 0) is 10.0 Å². The van der Waals surface area contributed by atoms with E-state index < -0.39 is 10.0 Å². The molecule has 1 aliphatic heterocycles. The van der Waals surface area contributed by atoms with E-state index in [0.717, 1.165) is 30.4 Å². The van der Waals surface area contributed by atoms with Crippen molar-refractivity contribution < 1.29 is 17.9 Å². The molecule has 2 aromatic carbocycles. The number of anilines is 1. The van der Waals surface area contributed by atoms with Gasteiger partial charge in [-0.1, -0.05) is 43.6 Å². The Kier molecular flexibility index (Phi) is 6.10. The second-order valence-corrected chi connectivity index (χ2v) is 9.48. The van der Waals surface area contributed by atoms with Crippen LogP contribution in [0.1, 0.15) is 55.1 Å². The molecule has 0 unspecified atom stereocenters. The average Bonchev–Trinajstić information content (AvgIpc) is 2.66. The molecule has 1 heterocycles. The summed E-state index contributed by atoms with van der Waals surface area (Å²) < 4.78 is 31.4. The predicted octanol–water partition coefficient (Wildman–Crippen LogP) is 4.52. The van der Waals surface area contributed by atoms with Crippen LogP contribution in [0.5, 0.6) is 5.75 Å². The van der Waals surface area contributed by atoms with Gasteiger partial charge in [-0.15, -0.1) is 0 Å². The van der Waals surface area contributed by atoms with Gasteiger partial charge in [-0.2, -0.15) is 0 Å². The molecule has 0 fully saturated rings. The highest BCUT2D eigenvalue weighted by Crippen LogP contribution is 2.42. The lowest BCUT2D eigenvalue weighted by molar-refractivity contribution is 0.0227. The summed E-state index contributed by atoms with van der Waals surface area (Å²) in [6.45, 7) is 4.17. The molecule has 1 amide bonds. The second-order valence-electron chi connectivity index (χ2n) is 7.33. The minimum Gasteiger partial charge on any atom is -0.487 e. The Labute approximate surface area is 176 Å². The number of carbonyl (C=O) groups excluding carboxylic acids is 1. The fraction of sp³-hybridized carbons (Fsp3) is 0.381. The average molecular weight is 437 g/mol. The first-order chi connectivity index (χ1) is 13.7. The van der Waals surface area contributed by atoms with E-state index >= 15 is 0 Å². The number of hydrogen-bond acceptors (Lipinski definition) is 4. The third-order valence-corrected chi connectivity index (χ3v) is 6.23. The Morgan fingerprint density at radius 2 is 1.90 bits per heavy atom. The van der Waals surface area contributed by atoms with Gasteiger partial charge in [-0.25, -0.2) is 8.42 Å². The number of carbonyl (C=O) groups is 1. The van der Waals surface area contributed by atoms with Crippen LogP contribution < -0.4 is 14.8 Å². The molecule has 3 rings (SSSR count). The summed E-state index contributed by atoms with van der Waals surface area (Å²) in [7, 11) is -3.43. The molecule has 0 radical (unpaired) electrons. The van der Waals surface area contributed by atoms with Gasteiger partial charge in [0.2, 0.25) is 10.0 Å². The zero-order chi connectivity index (χ0) is 21.2. The monoisotopic (exact) mass is 436 g/mol. The highest BCUT2D eigenvalue weighted by atomic mass is 35.5. The SMILES string of the molecule is CCC1(CC)C[C@@H](NC(=O)c2ccc(NS(C)(=O)=O)cc2Cl)c2ccccc2O1. The largest absolute Gasteiger partial charge is 0.487 e. The zero-order valence-corrected chi connectivity index (χ0v) is 18.2. The molecule has 156 valence electrons. The van der Waals surface area contributed by atoms with E-state index in [1.165, 1.54) is 18.2 Å². The molecule has 0 bridgehead atoms. The summed E-state index contributed by atoms with van der Waals surface area (Å²) in [5.41, 5.74) is 1.19. The van der Waals surface area contributed by atoms with Crippen molar-refractivity contribution >= 4 is 33.2 Å². The molecule has 6 nitrogen and oxygen atoms in total. The van der Waals surface area contributed by atoms with E-state index in [4.69, 9.17) is 16.3 Å². The van der Waals surface area contributed by atoms with E-state index in [1.807, 2.05) is 24.3 Å². The first-order valence-electron chi connectivity index (χ1n) is 9.52. The lowest BCUT2D eigenvalue weighted by Crippen LogP contribution is -2.44. The van der Waals surface area contributed by atoms with Crippen molar-refractivity contribution in [1.82, 2.24) is 5.32 Å². The zero-order valence-electron chi connectivity index (χ0n) is 16.7. The number of ether oxygens (including phenoxy) is 1. The smallest absolute Gasteiger partial charge is 0.253 e.